The number of nitrogens with zero attached hydrogens (tertiary/aromatic N) is 3. The van der Waals surface area contributed by atoms with Crippen molar-refractivity contribution < 1.29 is 14.7 Å². The third-order valence-electron chi connectivity index (χ3n) is 2.30. The molecule has 0 radical (unpaired) electrons. The van der Waals surface area contributed by atoms with Gasteiger partial charge >= 0.3 is 5.97 Å². The van der Waals surface area contributed by atoms with Crippen LogP contribution in [0.15, 0.2) is 6.20 Å². The van der Waals surface area contributed by atoms with Crippen molar-refractivity contribution in [2.45, 2.75) is 39.8 Å². The molecular weight excluding hydrogens is 236 g/mol. The van der Waals surface area contributed by atoms with Crippen LogP contribution in [0.2, 0.25) is 0 Å². The first-order valence-corrected chi connectivity index (χ1v) is 5.81. The van der Waals surface area contributed by atoms with Gasteiger partial charge < -0.3 is 10.4 Å². The minimum atomic E-state index is -1.16. The Kier molecular flexibility index (Phi) is 4.82. The molecule has 18 heavy (non-hydrogen) atoms. The van der Waals surface area contributed by atoms with Crippen molar-refractivity contribution >= 4 is 11.9 Å². The molecular formula is C11H18N4O3. The lowest BCUT2D eigenvalue weighted by Gasteiger charge is -2.15. The summed E-state index contributed by atoms with van der Waals surface area (Å²) in [6.07, 6.45) is 2.12. The van der Waals surface area contributed by atoms with E-state index in [0.29, 0.717) is 5.92 Å². The number of rotatable bonds is 6. The molecule has 1 atom stereocenters. The van der Waals surface area contributed by atoms with Crippen molar-refractivity contribution in [3.8, 4) is 0 Å². The van der Waals surface area contributed by atoms with E-state index in [1.807, 2.05) is 6.92 Å². The molecule has 0 aliphatic rings. The van der Waals surface area contributed by atoms with Gasteiger partial charge in [-0.15, -0.1) is 5.10 Å². The Bertz CT molecular complexity index is 428. The summed E-state index contributed by atoms with van der Waals surface area (Å²) in [5, 5.41) is 18.5. The monoisotopic (exact) mass is 254 g/mol. The largest absolute Gasteiger partial charge is 0.476 e. The van der Waals surface area contributed by atoms with Crippen LogP contribution in [0.5, 0.6) is 0 Å². The van der Waals surface area contributed by atoms with Crippen molar-refractivity contribution in [2.24, 2.45) is 5.92 Å². The topological polar surface area (TPSA) is 97.1 Å². The van der Waals surface area contributed by atoms with Crippen LogP contribution < -0.4 is 5.32 Å². The Morgan fingerprint density at radius 3 is 2.61 bits per heavy atom. The fraction of sp³-hybridized carbons (Fsp3) is 0.636. The van der Waals surface area contributed by atoms with Crippen molar-refractivity contribution in [1.82, 2.24) is 20.3 Å². The maximum Gasteiger partial charge on any atom is 0.358 e. The van der Waals surface area contributed by atoms with Gasteiger partial charge in [-0.05, 0) is 19.3 Å². The van der Waals surface area contributed by atoms with Gasteiger partial charge in [0.15, 0.2) is 5.69 Å². The molecule has 1 heterocycles. The molecule has 1 rings (SSSR count). The standard InChI is InChI=1S/C11H18N4O3/c1-7(2)4-8(3)12-10(16)6-15-5-9(11(17)18)13-14-15/h5,7-8H,4,6H2,1-3H3,(H,12,16)(H,17,18). The Labute approximate surface area is 105 Å². The van der Waals surface area contributed by atoms with Gasteiger partial charge in [0, 0.05) is 6.04 Å². The zero-order valence-electron chi connectivity index (χ0n) is 10.8. The molecule has 1 aromatic rings. The zero-order chi connectivity index (χ0) is 13.7. The predicted octanol–water partition coefficient (Wildman–Crippen LogP) is 0.527. The van der Waals surface area contributed by atoms with Crippen LogP contribution in [0, 0.1) is 5.92 Å². The molecule has 1 aromatic heterocycles. The minimum Gasteiger partial charge on any atom is -0.476 e. The molecule has 0 aliphatic heterocycles. The zero-order valence-corrected chi connectivity index (χ0v) is 10.8. The molecule has 0 bridgehead atoms. The highest BCUT2D eigenvalue weighted by molar-refractivity contribution is 5.84. The predicted molar refractivity (Wildman–Crippen MR) is 64.0 cm³/mol. The number of hydrogen-bond acceptors (Lipinski definition) is 4. The molecule has 0 fully saturated rings. The van der Waals surface area contributed by atoms with Gasteiger partial charge in [0.1, 0.15) is 6.54 Å². The third-order valence-corrected chi connectivity index (χ3v) is 2.30. The van der Waals surface area contributed by atoms with Gasteiger partial charge in [-0.2, -0.15) is 0 Å². The highest BCUT2D eigenvalue weighted by Gasteiger charge is 2.12. The molecule has 100 valence electrons. The van der Waals surface area contributed by atoms with Gasteiger partial charge in [0.05, 0.1) is 6.20 Å². The van der Waals surface area contributed by atoms with Crippen LogP contribution in [0.1, 0.15) is 37.7 Å². The summed E-state index contributed by atoms with van der Waals surface area (Å²) in [6, 6.07) is 0.0833. The second-order valence-electron chi connectivity index (χ2n) is 4.70. The van der Waals surface area contributed by atoms with E-state index in [-0.39, 0.29) is 24.2 Å². The summed E-state index contributed by atoms with van der Waals surface area (Å²) in [6.45, 7) is 6.07. The number of carboxylic acids is 1. The SMILES string of the molecule is CC(C)CC(C)NC(=O)Cn1cc(C(=O)O)nn1. The van der Waals surface area contributed by atoms with E-state index in [0.717, 1.165) is 6.42 Å². The van der Waals surface area contributed by atoms with Crippen molar-refractivity contribution in [1.29, 1.82) is 0 Å². The second kappa shape index (κ2) is 6.13. The Morgan fingerprint density at radius 2 is 2.11 bits per heavy atom. The fourth-order valence-electron chi connectivity index (χ4n) is 1.71. The quantitative estimate of drug-likeness (QED) is 0.771. The summed E-state index contributed by atoms with van der Waals surface area (Å²) in [5.41, 5.74) is -0.168. The summed E-state index contributed by atoms with van der Waals surface area (Å²) >= 11 is 0. The van der Waals surface area contributed by atoms with Crippen molar-refractivity contribution in [3.05, 3.63) is 11.9 Å². The first-order chi connectivity index (χ1) is 8.38. The number of aromatic carboxylic acids is 1. The Morgan fingerprint density at radius 1 is 1.44 bits per heavy atom. The number of hydrogen-bond donors (Lipinski definition) is 2. The lowest BCUT2D eigenvalue weighted by Crippen LogP contribution is -2.36. The van der Waals surface area contributed by atoms with Gasteiger partial charge in [-0.1, -0.05) is 19.1 Å². The van der Waals surface area contributed by atoms with Crippen molar-refractivity contribution in [2.75, 3.05) is 0 Å². The summed E-state index contributed by atoms with van der Waals surface area (Å²) in [4.78, 5) is 22.2. The number of carbonyl (C=O) groups excluding carboxylic acids is 1. The molecule has 0 aliphatic carbocycles. The van der Waals surface area contributed by atoms with Gasteiger partial charge in [-0.3, -0.25) is 4.79 Å². The Hall–Kier alpha value is -1.92. The van der Waals surface area contributed by atoms with Gasteiger partial charge in [0.2, 0.25) is 5.91 Å². The normalized spacial score (nSPS) is 12.4. The molecule has 0 saturated heterocycles. The number of carbonyl (C=O) groups is 2. The van der Waals surface area contributed by atoms with Crippen LogP contribution in [0.4, 0.5) is 0 Å². The van der Waals surface area contributed by atoms with E-state index in [4.69, 9.17) is 5.11 Å². The number of carboxylic acid groups (broad SMARTS) is 1. The summed E-state index contributed by atoms with van der Waals surface area (Å²) in [7, 11) is 0. The first kappa shape index (κ1) is 14.1. The minimum absolute atomic E-state index is 0.0251. The van der Waals surface area contributed by atoms with E-state index in [1.165, 1.54) is 10.9 Å². The fourth-order valence-corrected chi connectivity index (χ4v) is 1.71. The van der Waals surface area contributed by atoms with Gasteiger partial charge in [-0.25, -0.2) is 9.48 Å². The summed E-state index contributed by atoms with van der Waals surface area (Å²) in [5.74, 6) is -0.856. The average molecular weight is 254 g/mol. The first-order valence-electron chi connectivity index (χ1n) is 5.81. The van der Waals surface area contributed by atoms with E-state index in [9.17, 15) is 9.59 Å². The smallest absolute Gasteiger partial charge is 0.358 e. The lowest BCUT2D eigenvalue weighted by atomic mass is 10.1. The highest BCUT2D eigenvalue weighted by Crippen LogP contribution is 2.03. The van der Waals surface area contributed by atoms with E-state index >= 15 is 0 Å². The molecule has 2 N–H and O–H groups in total. The van der Waals surface area contributed by atoms with E-state index < -0.39 is 5.97 Å². The molecule has 7 nitrogen and oxygen atoms in total. The van der Waals surface area contributed by atoms with E-state index in [2.05, 4.69) is 29.5 Å². The molecule has 7 heteroatoms. The second-order valence-corrected chi connectivity index (χ2v) is 4.70. The molecule has 0 spiro atoms. The number of amides is 1. The highest BCUT2D eigenvalue weighted by atomic mass is 16.4. The van der Waals surface area contributed by atoms with Crippen LogP contribution in [0.3, 0.4) is 0 Å². The number of aromatic nitrogens is 3. The average Bonchev–Trinajstić information content (AvgIpc) is 2.63. The van der Waals surface area contributed by atoms with Crippen LogP contribution >= 0.6 is 0 Å². The maximum atomic E-state index is 11.6. The molecule has 1 amide bonds. The van der Waals surface area contributed by atoms with Crippen LogP contribution in [-0.4, -0.2) is 38.0 Å². The maximum absolute atomic E-state index is 11.6. The number of nitrogens with one attached hydrogen (secondary N) is 1. The molecule has 1 unspecified atom stereocenters. The van der Waals surface area contributed by atoms with Crippen LogP contribution in [-0.2, 0) is 11.3 Å². The van der Waals surface area contributed by atoms with E-state index in [1.54, 1.807) is 0 Å². The van der Waals surface area contributed by atoms with Crippen molar-refractivity contribution in [3.63, 3.8) is 0 Å². The van der Waals surface area contributed by atoms with Crippen LogP contribution in [0.25, 0.3) is 0 Å². The lowest BCUT2D eigenvalue weighted by molar-refractivity contribution is -0.122. The molecule has 0 saturated carbocycles. The third kappa shape index (κ3) is 4.52. The Balaban J connectivity index is 2.46. The summed E-state index contributed by atoms with van der Waals surface area (Å²) < 4.78 is 1.21. The van der Waals surface area contributed by atoms with Gasteiger partial charge in [0.25, 0.3) is 0 Å². The molecule has 0 aromatic carbocycles.